The monoisotopic (exact) mass is 352 g/mol. The van der Waals surface area contributed by atoms with Crippen LogP contribution >= 0.6 is 31.9 Å². The number of nitrogens with zero attached hydrogens (tertiary/aromatic N) is 2. The van der Waals surface area contributed by atoms with Crippen LogP contribution in [-0.2, 0) is 0 Å². The zero-order chi connectivity index (χ0) is 12.3. The van der Waals surface area contributed by atoms with Crippen molar-refractivity contribution in [1.29, 1.82) is 0 Å². The van der Waals surface area contributed by atoms with E-state index in [9.17, 15) is 0 Å². The van der Waals surface area contributed by atoms with Gasteiger partial charge in [-0.2, -0.15) is 10.2 Å². The molecule has 0 fully saturated rings. The van der Waals surface area contributed by atoms with Gasteiger partial charge in [0.15, 0.2) is 0 Å². The molecular formula is C13H10Br2N2. The van der Waals surface area contributed by atoms with E-state index in [1.54, 1.807) is 0 Å². The van der Waals surface area contributed by atoms with Gasteiger partial charge in [0.2, 0.25) is 0 Å². The number of benzene rings is 2. The van der Waals surface area contributed by atoms with Gasteiger partial charge in [-0.05, 0) is 36.8 Å². The molecule has 2 aromatic carbocycles. The van der Waals surface area contributed by atoms with Gasteiger partial charge < -0.3 is 0 Å². The molecule has 0 unspecified atom stereocenters. The molecule has 0 saturated heterocycles. The van der Waals surface area contributed by atoms with Gasteiger partial charge in [-0.3, -0.25) is 0 Å². The quantitative estimate of drug-likeness (QED) is 0.597. The first kappa shape index (κ1) is 12.5. The Balaban J connectivity index is 2.29. The molecule has 0 aliphatic rings. The summed E-state index contributed by atoms with van der Waals surface area (Å²) in [5.74, 6) is 0. The molecule has 4 heteroatoms. The van der Waals surface area contributed by atoms with E-state index < -0.39 is 0 Å². The van der Waals surface area contributed by atoms with Crippen LogP contribution in [0.3, 0.4) is 0 Å². The van der Waals surface area contributed by atoms with E-state index in [0.717, 1.165) is 25.9 Å². The Labute approximate surface area is 117 Å². The lowest BCUT2D eigenvalue weighted by Crippen LogP contribution is -1.72. The first-order valence-electron chi connectivity index (χ1n) is 5.08. The SMILES string of the molecule is Cc1ccccc1N=Nc1cc(Br)cc(Br)c1. The molecule has 0 spiro atoms. The summed E-state index contributed by atoms with van der Waals surface area (Å²) < 4.78 is 1.95. The predicted molar refractivity (Wildman–Crippen MR) is 77.2 cm³/mol. The van der Waals surface area contributed by atoms with E-state index >= 15 is 0 Å². The molecule has 0 saturated carbocycles. The first-order valence-corrected chi connectivity index (χ1v) is 6.67. The Morgan fingerprint density at radius 2 is 1.53 bits per heavy atom. The van der Waals surface area contributed by atoms with Crippen molar-refractivity contribution in [1.82, 2.24) is 0 Å². The van der Waals surface area contributed by atoms with Crippen molar-refractivity contribution >= 4 is 43.2 Å². The first-order chi connectivity index (χ1) is 8.15. The number of hydrogen-bond acceptors (Lipinski definition) is 2. The topological polar surface area (TPSA) is 24.7 Å². The molecule has 2 nitrogen and oxygen atoms in total. The van der Waals surface area contributed by atoms with E-state index in [0.29, 0.717) is 0 Å². The minimum absolute atomic E-state index is 0.814. The van der Waals surface area contributed by atoms with Crippen LogP contribution in [0.25, 0.3) is 0 Å². The third-order valence-electron chi connectivity index (χ3n) is 2.24. The molecule has 2 aromatic rings. The smallest absolute Gasteiger partial charge is 0.0886 e. The number of aryl methyl sites for hydroxylation is 1. The maximum absolute atomic E-state index is 4.24. The number of rotatable bonds is 2. The summed E-state index contributed by atoms with van der Waals surface area (Å²) in [6.07, 6.45) is 0. The van der Waals surface area contributed by atoms with Crippen LogP contribution in [0.4, 0.5) is 11.4 Å². The normalized spacial score (nSPS) is 11.0. The number of azo groups is 1. The minimum atomic E-state index is 0.814. The van der Waals surface area contributed by atoms with Gasteiger partial charge in [0.1, 0.15) is 0 Å². The Morgan fingerprint density at radius 3 is 2.18 bits per heavy atom. The average Bonchev–Trinajstić information content (AvgIpc) is 2.27. The Hall–Kier alpha value is -1.000. The molecule has 0 bridgehead atoms. The van der Waals surface area contributed by atoms with E-state index in [4.69, 9.17) is 0 Å². The Morgan fingerprint density at radius 1 is 0.882 bits per heavy atom. The fraction of sp³-hybridized carbons (Fsp3) is 0.0769. The number of halogens is 2. The fourth-order valence-corrected chi connectivity index (χ4v) is 2.65. The highest BCUT2D eigenvalue weighted by Gasteiger charge is 1.97. The summed E-state index contributed by atoms with van der Waals surface area (Å²) in [6.45, 7) is 2.02. The van der Waals surface area contributed by atoms with Crippen LogP contribution in [0.2, 0.25) is 0 Å². The minimum Gasteiger partial charge on any atom is -0.150 e. The van der Waals surface area contributed by atoms with Crippen molar-refractivity contribution in [2.45, 2.75) is 6.92 Å². The summed E-state index contributed by atoms with van der Waals surface area (Å²) in [4.78, 5) is 0. The molecular weight excluding hydrogens is 344 g/mol. The van der Waals surface area contributed by atoms with Crippen molar-refractivity contribution < 1.29 is 0 Å². The average molecular weight is 354 g/mol. The van der Waals surface area contributed by atoms with E-state index in [-0.39, 0.29) is 0 Å². The van der Waals surface area contributed by atoms with Gasteiger partial charge in [-0.15, -0.1) is 0 Å². The van der Waals surface area contributed by atoms with Gasteiger partial charge >= 0.3 is 0 Å². The van der Waals surface area contributed by atoms with Gasteiger partial charge in [0.05, 0.1) is 11.4 Å². The van der Waals surface area contributed by atoms with Crippen LogP contribution in [0, 0.1) is 6.92 Å². The highest BCUT2D eigenvalue weighted by atomic mass is 79.9. The molecule has 0 amide bonds. The van der Waals surface area contributed by atoms with Crippen molar-refractivity contribution in [3.8, 4) is 0 Å². The maximum Gasteiger partial charge on any atom is 0.0886 e. The second-order valence-corrected chi connectivity index (χ2v) is 5.45. The summed E-state index contributed by atoms with van der Waals surface area (Å²) in [5, 5.41) is 8.47. The zero-order valence-electron chi connectivity index (χ0n) is 9.19. The summed E-state index contributed by atoms with van der Waals surface area (Å²) >= 11 is 6.84. The fourth-order valence-electron chi connectivity index (χ4n) is 1.38. The van der Waals surface area contributed by atoms with Crippen LogP contribution in [0.5, 0.6) is 0 Å². The zero-order valence-corrected chi connectivity index (χ0v) is 12.4. The third-order valence-corrected chi connectivity index (χ3v) is 3.15. The molecule has 0 aromatic heterocycles. The molecule has 86 valence electrons. The summed E-state index contributed by atoms with van der Waals surface area (Å²) in [6, 6.07) is 13.7. The molecule has 0 atom stereocenters. The number of hydrogen-bond donors (Lipinski definition) is 0. The van der Waals surface area contributed by atoms with Gasteiger partial charge in [0, 0.05) is 8.95 Å². The molecule has 0 N–H and O–H groups in total. The largest absolute Gasteiger partial charge is 0.150 e. The second kappa shape index (κ2) is 5.56. The molecule has 0 heterocycles. The van der Waals surface area contributed by atoms with Crippen molar-refractivity contribution in [3.63, 3.8) is 0 Å². The van der Waals surface area contributed by atoms with Crippen LogP contribution in [-0.4, -0.2) is 0 Å². The Kier molecular flexibility index (Phi) is 4.07. The van der Waals surface area contributed by atoms with Crippen LogP contribution < -0.4 is 0 Å². The Bertz CT molecular complexity index is 545. The lowest BCUT2D eigenvalue weighted by molar-refractivity contribution is 1.21. The van der Waals surface area contributed by atoms with E-state index in [2.05, 4.69) is 42.1 Å². The van der Waals surface area contributed by atoms with Crippen molar-refractivity contribution in [2.75, 3.05) is 0 Å². The summed E-state index contributed by atoms with van der Waals surface area (Å²) in [7, 11) is 0. The molecule has 0 aliphatic carbocycles. The van der Waals surface area contributed by atoms with E-state index in [1.165, 1.54) is 0 Å². The second-order valence-electron chi connectivity index (χ2n) is 3.61. The lowest BCUT2D eigenvalue weighted by atomic mass is 10.2. The summed E-state index contributed by atoms with van der Waals surface area (Å²) in [5.41, 5.74) is 2.82. The lowest BCUT2D eigenvalue weighted by Gasteiger charge is -1.98. The van der Waals surface area contributed by atoms with Crippen molar-refractivity contribution in [3.05, 3.63) is 57.0 Å². The maximum atomic E-state index is 4.24. The van der Waals surface area contributed by atoms with Gasteiger partial charge in [-0.1, -0.05) is 50.1 Å². The van der Waals surface area contributed by atoms with Gasteiger partial charge in [0.25, 0.3) is 0 Å². The van der Waals surface area contributed by atoms with Crippen LogP contribution in [0.15, 0.2) is 61.6 Å². The molecule has 0 radical (unpaired) electrons. The predicted octanol–water partition coefficient (Wildman–Crippen LogP) is 5.94. The molecule has 17 heavy (non-hydrogen) atoms. The van der Waals surface area contributed by atoms with Crippen LogP contribution in [0.1, 0.15) is 5.56 Å². The van der Waals surface area contributed by atoms with Gasteiger partial charge in [-0.25, -0.2) is 0 Å². The highest BCUT2D eigenvalue weighted by Crippen LogP contribution is 2.27. The standard InChI is InChI=1S/C13H10Br2N2/c1-9-4-2-3-5-13(9)17-16-12-7-10(14)6-11(15)8-12/h2-8H,1H3. The molecule has 2 rings (SSSR count). The van der Waals surface area contributed by atoms with E-state index in [1.807, 2.05) is 49.4 Å². The van der Waals surface area contributed by atoms with Crippen molar-refractivity contribution in [2.24, 2.45) is 10.2 Å². The highest BCUT2D eigenvalue weighted by molar-refractivity contribution is 9.11. The molecule has 0 aliphatic heterocycles. The third kappa shape index (κ3) is 3.48.